The summed E-state index contributed by atoms with van der Waals surface area (Å²) in [5.41, 5.74) is -0.835. The number of hydrogen-bond acceptors (Lipinski definition) is 4. The average Bonchev–Trinajstić information content (AvgIpc) is 3.08. The molecule has 0 aliphatic heterocycles. The van der Waals surface area contributed by atoms with E-state index < -0.39 is 11.2 Å². The van der Waals surface area contributed by atoms with Crippen molar-refractivity contribution in [1.29, 1.82) is 0 Å². The zero-order chi connectivity index (χ0) is 25.1. The fourth-order valence-corrected chi connectivity index (χ4v) is 9.48. The topological polar surface area (TPSA) is 63.6 Å². The summed E-state index contributed by atoms with van der Waals surface area (Å²) in [5, 5.41) is 11.0. The first-order valence-electron chi connectivity index (χ1n) is 14.1. The van der Waals surface area contributed by atoms with Crippen molar-refractivity contribution in [2.45, 2.75) is 130 Å². The maximum atomic E-state index is 12.3. The van der Waals surface area contributed by atoms with Gasteiger partial charge in [0.2, 0.25) is 0 Å². The Morgan fingerprint density at radius 1 is 0.971 bits per heavy atom. The van der Waals surface area contributed by atoms with Gasteiger partial charge in [-0.3, -0.25) is 9.59 Å². The molecule has 4 rings (SSSR count). The minimum atomic E-state index is -1.08. The molecule has 4 fully saturated rings. The maximum Gasteiger partial charge on any atom is 0.306 e. The molecule has 1 unspecified atom stereocenters. The summed E-state index contributed by atoms with van der Waals surface area (Å²) >= 11 is 0. The van der Waals surface area contributed by atoms with Crippen LogP contribution in [0.3, 0.4) is 0 Å². The van der Waals surface area contributed by atoms with E-state index in [1.54, 1.807) is 6.92 Å². The standard InChI is InChI=1S/C30H50O4/c1-19(8-13-26(32)34-27(3,4)5)23-11-12-24-22-10-9-21-18-30(33,20(2)31)17-16-28(21,6)25(22)14-15-29(23,24)7/h19,21-25,33H,8-18H2,1-7H3/t19-,21?,22+,23-,24+,25+,28+,29-,30-/m1/s1. The lowest BCUT2D eigenvalue weighted by Gasteiger charge is -2.62. The zero-order valence-corrected chi connectivity index (χ0v) is 22.9. The number of carbonyl (C=O) groups is 2. The van der Waals surface area contributed by atoms with Crippen LogP contribution in [0.5, 0.6) is 0 Å². The van der Waals surface area contributed by atoms with Gasteiger partial charge >= 0.3 is 5.97 Å². The van der Waals surface area contributed by atoms with Crippen LogP contribution in [0.1, 0.15) is 119 Å². The third-order valence-electron chi connectivity index (χ3n) is 11.4. The van der Waals surface area contributed by atoms with Gasteiger partial charge in [-0.05, 0) is 138 Å². The van der Waals surface area contributed by atoms with Gasteiger partial charge in [0.1, 0.15) is 11.2 Å². The SMILES string of the molecule is CC(=O)[C@@]1(O)CC[C@@]2(C)C(CC[C@H]3[C@@H]4CC[C@H]([C@H](C)CCC(=O)OC(C)(C)C)[C@@]4(C)CC[C@@H]32)C1. The van der Waals surface area contributed by atoms with Gasteiger partial charge in [0.05, 0.1) is 0 Å². The van der Waals surface area contributed by atoms with Crippen LogP contribution in [0.2, 0.25) is 0 Å². The fraction of sp³-hybridized carbons (Fsp3) is 0.933. The molecule has 0 spiro atoms. The molecule has 0 amide bonds. The highest BCUT2D eigenvalue weighted by molar-refractivity contribution is 5.84. The quantitative estimate of drug-likeness (QED) is 0.449. The molecule has 4 heteroatoms. The highest BCUT2D eigenvalue weighted by Gasteiger charge is 2.62. The number of carbonyl (C=O) groups excluding carboxylic acids is 2. The minimum Gasteiger partial charge on any atom is -0.460 e. The Bertz CT molecular complexity index is 798. The van der Waals surface area contributed by atoms with Gasteiger partial charge in [0, 0.05) is 6.42 Å². The molecule has 4 nitrogen and oxygen atoms in total. The average molecular weight is 475 g/mol. The van der Waals surface area contributed by atoms with Crippen LogP contribution in [0.15, 0.2) is 0 Å². The van der Waals surface area contributed by atoms with E-state index in [1.165, 1.54) is 38.5 Å². The zero-order valence-electron chi connectivity index (χ0n) is 22.9. The summed E-state index contributed by atoms with van der Waals surface area (Å²) < 4.78 is 5.57. The van der Waals surface area contributed by atoms with E-state index in [1.807, 2.05) is 20.8 Å². The van der Waals surface area contributed by atoms with Crippen molar-refractivity contribution in [1.82, 2.24) is 0 Å². The first-order chi connectivity index (χ1) is 15.7. The van der Waals surface area contributed by atoms with Gasteiger partial charge in [0.15, 0.2) is 5.78 Å². The van der Waals surface area contributed by atoms with E-state index in [2.05, 4.69) is 20.8 Å². The van der Waals surface area contributed by atoms with E-state index >= 15 is 0 Å². The molecule has 0 aromatic rings. The Kier molecular flexibility index (Phi) is 6.84. The van der Waals surface area contributed by atoms with Crippen molar-refractivity contribution in [2.24, 2.45) is 46.3 Å². The number of rotatable bonds is 5. The molecular weight excluding hydrogens is 424 g/mol. The van der Waals surface area contributed by atoms with E-state index in [4.69, 9.17) is 4.74 Å². The molecule has 4 aliphatic carbocycles. The molecule has 4 aliphatic rings. The van der Waals surface area contributed by atoms with Crippen LogP contribution in [-0.2, 0) is 14.3 Å². The van der Waals surface area contributed by atoms with Crippen LogP contribution >= 0.6 is 0 Å². The highest BCUT2D eigenvalue weighted by atomic mass is 16.6. The molecule has 9 atom stereocenters. The van der Waals surface area contributed by atoms with Crippen LogP contribution in [0, 0.1) is 46.3 Å². The molecule has 34 heavy (non-hydrogen) atoms. The molecule has 0 bridgehead atoms. The lowest BCUT2D eigenvalue weighted by Crippen LogP contribution is -2.57. The normalized spacial score (nSPS) is 45.0. The Morgan fingerprint density at radius 3 is 2.29 bits per heavy atom. The Labute approximate surface area is 208 Å². The molecule has 4 saturated carbocycles. The second-order valence-corrected chi connectivity index (χ2v) is 14.3. The first-order valence-corrected chi connectivity index (χ1v) is 14.1. The van der Waals surface area contributed by atoms with E-state index in [0.717, 1.165) is 30.6 Å². The lowest BCUT2D eigenvalue weighted by atomic mass is 9.43. The number of ketones is 1. The third kappa shape index (κ3) is 4.50. The van der Waals surface area contributed by atoms with Crippen molar-refractivity contribution in [2.75, 3.05) is 0 Å². The second kappa shape index (κ2) is 8.89. The van der Waals surface area contributed by atoms with Crippen molar-refractivity contribution in [3.63, 3.8) is 0 Å². The Balaban J connectivity index is 1.43. The van der Waals surface area contributed by atoms with Crippen molar-refractivity contribution in [3.05, 3.63) is 0 Å². The molecule has 0 radical (unpaired) electrons. The molecule has 1 N–H and O–H groups in total. The highest BCUT2D eigenvalue weighted by Crippen LogP contribution is 2.68. The summed E-state index contributed by atoms with van der Waals surface area (Å²) in [6, 6.07) is 0. The molecule has 0 aromatic heterocycles. The largest absolute Gasteiger partial charge is 0.460 e. The number of aliphatic hydroxyl groups is 1. The summed E-state index contributed by atoms with van der Waals surface area (Å²) in [4.78, 5) is 24.5. The molecule has 0 heterocycles. The Morgan fingerprint density at radius 2 is 1.65 bits per heavy atom. The van der Waals surface area contributed by atoms with Gasteiger partial charge in [-0.2, -0.15) is 0 Å². The van der Waals surface area contributed by atoms with Crippen LogP contribution < -0.4 is 0 Å². The molecular formula is C30H50O4. The number of esters is 1. The predicted molar refractivity (Wildman–Crippen MR) is 135 cm³/mol. The predicted octanol–water partition coefficient (Wildman–Crippen LogP) is 6.72. The summed E-state index contributed by atoms with van der Waals surface area (Å²) in [6.07, 6.45) is 11.4. The summed E-state index contributed by atoms with van der Waals surface area (Å²) in [6.45, 7) is 14.8. The van der Waals surface area contributed by atoms with Gasteiger partial charge in [-0.25, -0.2) is 0 Å². The smallest absolute Gasteiger partial charge is 0.306 e. The maximum absolute atomic E-state index is 12.3. The Hall–Kier alpha value is -0.900. The van der Waals surface area contributed by atoms with Crippen molar-refractivity contribution < 1.29 is 19.4 Å². The monoisotopic (exact) mass is 474 g/mol. The number of ether oxygens (including phenoxy) is 1. The van der Waals surface area contributed by atoms with Crippen molar-refractivity contribution >= 4 is 11.8 Å². The van der Waals surface area contributed by atoms with Crippen molar-refractivity contribution in [3.8, 4) is 0 Å². The number of fused-ring (bicyclic) bond motifs is 5. The molecule has 0 saturated heterocycles. The van der Waals surface area contributed by atoms with Gasteiger partial charge in [-0.1, -0.05) is 20.8 Å². The van der Waals surface area contributed by atoms with Crippen LogP contribution in [0.4, 0.5) is 0 Å². The van der Waals surface area contributed by atoms with E-state index in [0.29, 0.717) is 42.4 Å². The van der Waals surface area contributed by atoms with Crippen LogP contribution in [-0.4, -0.2) is 28.1 Å². The minimum absolute atomic E-state index is 0.0353. The van der Waals surface area contributed by atoms with Gasteiger partial charge in [-0.15, -0.1) is 0 Å². The molecule has 194 valence electrons. The molecule has 0 aromatic carbocycles. The number of Topliss-reactive ketones (excluding diaryl/α,β-unsaturated/α-hetero) is 1. The van der Waals surface area contributed by atoms with Gasteiger partial charge < -0.3 is 9.84 Å². The second-order valence-electron chi connectivity index (χ2n) is 14.3. The van der Waals surface area contributed by atoms with E-state index in [9.17, 15) is 14.7 Å². The summed E-state index contributed by atoms with van der Waals surface area (Å²) in [7, 11) is 0. The lowest BCUT2D eigenvalue weighted by molar-refractivity contribution is -0.165. The first kappa shape index (κ1) is 26.2. The van der Waals surface area contributed by atoms with Crippen LogP contribution in [0.25, 0.3) is 0 Å². The van der Waals surface area contributed by atoms with Gasteiger partial charge in [0.25, 0.3) is 0 Å². The number of hydrogen-bond donors (Lipinski definition) is 1. The fourth-order valence-electron chi connectivity index (χ4n) is 9.48. The third-order valence-corrected chi connectivity index (χ3v) is 11.4. The summed E-state index contributed by atoms with van der Waals surface area (Å²) in [5.74, 6) is 3.93. The van der Waals surface area contributed by atoms with E-state index in [-0.39, 0.29) is 17.2 Å².